The van der Waals surface area contributed by atoms with E-state index in [9.17, 15) is 0 Å². The van der Waals surface area contributed by atoms with Crippen molar-refractivity contribution < 1.29 is 0 Å². The van der Waals surface area contributed by atoms with Crippen LogP contribution in [0.25, 0.3) is 231 Å². The Balaban J connectivity index is 0.685. The average Bonchev–Trinajstić information content (AvgIpc) is 1.54. The molecule has 0 radical (unpaired) electrons. The van der Waals surface area contributed by atoms with Gasteiger partial charge in [0.2, 0.25) is 0 Å². The van der Waals surface area contributed by atoms with Crippen LogP contribution in [0.5, 0.6) is 0 Å². The third-order valence-electron chi connectivity index (χ3n) is 23.0. The molecule has 0 fully saturated rings. The van der Waals surface area contributed by atoms with Gasteiger partial charge in [0.05, 0.1) is 49.8 Å². The first-order chi connectivity index (χ1) is 51.6. The summed E-state index contributed by atoms with van der Waals surface area (Å²) in [4.78, 5) is 11.5. The Morgan fingerprint density at radius 3 is 1.35 bits per heavy atom. The Hall–Kier alpha value is -13.9. The van der Waals surface area contributed by atoms with Gasteiger partial charge in [-0.1, -0.05) is 243 Å². The highest BCUT2D eigenvalue weighted by molar-refractivity contribution is 6.27. The molecule has 0 amide bonds. The summed E-state index contributed by atoms with van der Waals surface area (Å²) in [7, 11) is 0. The molecule has 104 heavy (non-hydrogen) atoms. The third-order valence-corrected chi connectivity index (χ3v) is 23.0. The first-order valence-electron chi connectivity index (χ1n) is 35.9. The molecule has 16 aromatic carbocycles. The zero-order chi connectivity index (χ0) is 67.6. The molecule has 0 bridgehead atoms. The van der Waals surface area contributed by atoms with Crippen molar-refractivity contribution in [3.05, 3.63) is 340 Å². The van der Waals surface area contributed by atoms with Crippen LogP contribution >= 0.6 is 0 Å². The summed E-state index contributed by atoms with van der Waals surface area (Å²) >= 11 is 0. The van der Waals surface area contributed by atoms with Gasteiger partial charge in [-0.05, 0) is 168 Å². The molecule has 2 aliphatic carbocycles. The molecule has 6 aromatic heterocycles. The van der Waals surface area contributed by atoms with E-state index in [1.807, 2.05) is 0 Å². The van der Waals surface area contributed by atoms with Crippen LogP contribution in [0.4, 0.5) is 0 Å². The zero-order valence-corrected chi connectivity index (χ0v) is 56.0. The molecule has 0 spiro atoms. The SMILES string of the molecule is c1ccc(-n2c3ccccc3c3cc(-c4ccc5c(ccc6c7ccccc7n(-c7cc8cccc9c8c(n7)-c7cccc(-c8cccc%10c8c8ccc%11cc(-c%12ccc%13c(c%12)c%12ccccc%12n%13-c%12ccccc%12)ccc%11c8n%10-c8ncc%10cccc%11c%10c8-c8ccccc8-%11)c7-9)c56)c4)ccc32)cc1. The second-order valence-electron chi connectivity index (χ2n) is 28.3. The quantitative estimate of drug-likeness (QED) is 0.160. The Kier molecular flexibility index (Phi) is 11.2. The number of hydrogen-bond donors (Lipinski definition) is 0. The Morgan fingerprint density at radius 2 is 0.683 bits per heavy atom. The van der Waals surface area contributed by atoms with Crippen molar-refractivity contribution in [2.75, 3.05) is 0 Å². The van der Waals surface area contributed by atoms with Gasteiger partial charge in [0.15, 0.2) is 0 Å². The second-order valence-corrected chi connectivity index (χ2v) is 28.3. The Morgan fingerprint density at radius 1 is 0.221 bits per heavy atom. The van der Waals surface area contributed by atoms with Crippen molar-refractivity contribution in [1.29, 1.82) is 0 Å². The fourth-order valence-corrected chi connectivity index (χ4v) is 18.7. The largest absolute Gasteiger partial charge is 0.309 e. The van der Waals surface area contributed by atoms with Crippen LogP contribution in [0.2, 0.25) is 0 Å². The van der Waals surface area contributed by atoms with Crippen molar-refractivity contribution in [2.24, 2.45) is 0 Å². The maximum atomic E-state index is 5.92. The fourth-order valence-electron chi connectivity index (χ4n) is 18.7. The van der Waals surface area contributed by atoms with Gasteiger partial charge in [0.1, 0.15) is 11.6 Å². The van der Waals surface area contributed by atoms with Crippen LogP contribution in [0.15, 0.2) is 340 Å². The minimum Gasteiger partial charge on any atom is -0.309 e. The predicted octanol–water partition coefficient (Wildman–Crippen LogP) is 25.8. The highest BCUT2D eigenvalue weighted by Gasteiger charge is 2.32. The van der Waals surface area contributed by atoms with Crippen molar-refractivity contribution in [2.45, 2.75) is 0 Å². The molecule has 2 aliphatic rings. The van der Waals surface area contributed by atoms with E-state index in [2.05, 4.69) is 358 Å². The lowest BCUT2D eigenvalue weighted by atomic mass is 9.90. The van der Waals surface area contributed by atoms with Gasteiger partial charge in [-0.25, -0.2) is 9.97 Å². The normalized spacial score (nSPS) is 12.4. The first-order valence-corrected chi connectivity index (χ1v) is 35.9. The van der Waals surface area contributed by atoms with E-state index in [-0.39, 0.29) is 0 Å². The predicted molar refractivity (Wildman–Crippen MR) is 435 cm³/mol. The van der Waals surface area contributed by atoms with Crippen LogP contribution in [-0.2, 0) is 0 Å². The smallest absolute Gasteiger partial charge is 0.146 e. The molecule has 6 heteroatoms. The van der Waals surface area contributed by atoms with E-state index < -0.39 is 0 Å². The van der Waals surface area contributed by atoms with Crippen LogP contribution < -0.4 is 0 Å². The molecule has 0 saturated carbocycles. The first kappa shape index (κ1) is 55.9. The van der Waals surface area contributed by atoms with Gasteiger partial charge in [-0.2, -0.15) is 0 Å². The van der Waals surface area contributed by atoms with E-state index >= 15 is 0 Å². The molecule has 0 aliphatic heterocycles. The number of hydrogen-bond acceptors (Lipinski definition) is 2. The summed E-state index contributed by atoms with van der Waals surface area (Å²) in [5, 5.41) is 19.1. The molecule has 478 valence electrons. The molecule has 24 rings (SSSR count). The van der Waals surface area contributed by atoms with Crippen LogP contribution in [0, 0.1) is 0 Å². The van der Waals surface area contributed by atoms with E-state index in [0.29, 0.717) is 0 Å². The second kappa shape index (κ2) is 20.8. The van der Waals surface area contributed by atoms with E-state index in [1.165, 1.54) is 142 Å². The van der Waals surface area contributed by atoms with Gasteiger partial charge in [0.25, 0.3) is 0 Å². The topological polar surface area (TPSA) is 45.5 Å². The van der Waals surface area contributed by atoms with Crippen molar-refractivity contribution in [3.63, 3.8) is 0 Å². The van der Waals surface area contributed by atoms with Crippen LogP contribution in [0.3, 0.4) is 0 Å². The van der Waals surface area contributed by atoms with Gasteiger partial charge >= 0.3 is 0 Å². The number of fused-ring (bicyclic) bond motifs is 22. The highest BCUT2D eigenvalue weighted by atomic mass is 15.1. The fraction of sp³-hybridized carbons (Fsp3) is 0. The Bertz CT molecular complexity index is 7590. The number of aromatic nitrogens is 6. The monoisotopic (exact) mass is 1320 g/mol. The highest BCUT2D eigenvalue weighted by Crippen LogP contribution is 2.55. The van der Waals surface area contributed by atoms with E-state index in [0.717, 1.165) is 89.0 Å². The van der Waals surface area contributed by atoms with Crippen molar-refractivity contribution in [1.82, 2.24) is 28.2 Å². The third kappa shape index (κ3) is 7.56. The summed E-state index contributed by atoms with van der Waals surface area (Å²) in [5.41, 5.74) is 28.0. The van der Waals surface area contributed by atoms with E-state index in [1.54, 1.807) is 0 Å². The molecule has 6 heterocycles. The molecule has 22 aromatic rings. The Labute approximate surface area is 595 Å². The lowest BCUT2D eigenvalue weighted by Crippen LogP contribution is -2.01. The maximum absolute atomic E-state index is 5.92. The number of pyridine rings is 2. The van der Waals surface area contributed by atoms with Gasteiger partial charge in [-0.15, -0.1) is 0 Å². The minimum absolute atomic E-state index is 0.892. The summed E-state index contributed by atoms with van der Waals surface area (Å²) < 4.78 is 9.71. The van der Waals surface area contributed by atoms with Crippen molar-refractivity contribution >= 4 is 130 Å². The molecule has 0 unspecified atom stereocenters. The molecule has 0 saturated heterocycles. The maximum Gasteiger partial charge on any atom is 0.146 e. The molecule has 0 atom stereocenters. The van der Waals surface area contributed by atoms with E-state index in [4.69, 9.17) is 9.97 Å². The van der Waals surface area contributed by atoms with Gasteiger partial charge in [-0.3, -0.25) is 9.13 Å². The molecule has 0 N–H and O–H groups in total. The van der Waals surface area contributed by atoms with Gasteiger partial charge < -0.3 is 9.13 Å². The summed E-state index contributed by atoms with van der Waals surface area (Å²) in [6, 6.07) is 124. The molecular formula is C98H56N6. The summed E-state index contributed by atoms with van der Waals surface area (Å²) in [6.07, 6.45) is 2.09. The average molecular weight is 1320 g/mol. The standard InChI is InChI=1S/C98H56N6/c1-3-21-65(22-4-1)101-83-35-12-10-27-71(83)81-53-59(43-49-86(81)101)57-39-45-67-61(51-57)41-47-77-70-26-9-14-37-85(70)103(96(67)77)89-55-63-19-15-33-78-91(63)95(100-89)79-34-17-31-75(92(78)79)76-32-18-38-88-93(76)80-48-42-62-52-58(60-44-50-87-82(54-60)72-28-11-13-36-84(72)102(87)66-23-5-2-6-24-66)40-46-68(62)97(80)104(88)98-94-74-29-8-7-25-69(74)73-30-16-20-64(56-99-98)90(73)94/h1-56H. The van der Waals surface area contributed by atoms with Gasteiger partial charge in [0, 0.05) is 98.7 Å². The lowest BCUT2D eigenvalue weighted by Gasteiger charge is -2.15. The summed E-state index contributed by atoms with van der Waals surface area (Å²) in [6.45, 7) is 0. The number of para-hydroxylation sites is 5. The summed E-state index contributed by atoms with van der Waals surface area (Å²) in [5.74, 6) is 1.82. The van der Waals surface area contributed by atoms with Crippen LogP contribution in [0.1, 0.15) is 0 Å². The number of nitrogens with zero attached hydrogens (tertiary/aromatic N) is 6. The molecule has 6 nitrogen and oxygen atoms in total. The minimum atomic E-state index is 0.892. The zero-order valence-electron chi connectivity index (χ0n) is 56.0. The number of rotatable bonds is 7. The molecular weight excluding hydrogens is 1260 g/mol. The lowest BCUT2D eigenvalue weighted by molar-refractivity contribution is 1.10. The van der Waals surface area contributed by atoms with Crippen molar-refractivity contribution in [3.8, 4) is 101 Å². The van der Waals surface area contributed by atoms with Crippen LogP contribution in [-0.4, -0.2) is 28.2 Å². The number of benzene rings is 16.